The van der Waals surface area contributed by atoms with E-state index in [2.05, 4.69) is 10.3 Å². The van der Waals surface area contributed by atoms with Gasteiger partial charge in [0.2, 0.25) is 11.8 Å². The van der Waals surface area contributed by atoms with E-state index in [1.165, 1.54) is 6.07 Å². The van der Waals surface area contributed by atoms with Crippen LogP contribution in [0.2, 0.25) is 5.02 Å². The van der Waals surface area contributed by atoms with Crippen LogP contribution < -0.4 is 10.1 Å². The second kappa shape index (κ2) is 8.10. The van der Waals surface area contributed by atoms with E-state index in [1.54, 1.807) is 24.3 Å². The molecule has 1 aromatic heterocycles. The number of aromatic nitrogens is 1. The zero-order valence-corrected chi connectivity index (χ0v) is 17.1. The Morgan fingerprint density at radius 3 is 2.60 bits per heavy atom. The van der Waals surface area contributed by atoms with Crippen LogP contribution in [0.3, 0.4) is 0 Å². The van der Waals surface area contributed by atoms with Crippen molar-refractivity contribution in [2.24, 2.45) is 11.8 Å². The van der Waals surface area contributed by atoms with Gasteiger partial charge in [0.05, 0.1) is 5.56 Å². The van der Waals surface area contributed by atoms with Gasteiger partial charge in [-0.05, 0) is 61.9 Å². The van der Waals surface area contributed by atoms with Gasteiger partial charge in [-0.2, -0.15) is 13.2 Å². The molecule has 1 amide bonds. The number of nitrogens with zero attached hydrogens (tertiary/aromatic N) is 1. The molecule has 0 radical (unpaired) electrons. The Kier molecular flexibility index (Phi) is 5.66. The number of ether oxygens (including phenoxy) is 1. The summed E-state index contributed by atoms with van der Waals surface area (Å²) in [7, 11) is 0. The summed E-state index contributed by atoms with van der Waals surface area (Å²) in [6, 6.07) is 8.10. The molecule has 2 unspecified atom stereocenters. The summed E-state index contributed by atoms with van der Waals surface area (Å²) in [5, 5.41) is 3.51. The molecule has 160 valence electrons. The van der Waals surface area contributed by atoms with Crippen LogP contribution in [0.4, 0.5) is 18.9 Å². The van der Waals surface area contributed by atoms with E-state index < -0.39 is 11.7 Å². The molecule has 1 aliphatic heterocycles. The predicted octanol–water partition coefficient (Wildman–Crippen LogP) is 6.06. The number of pyridine rings is 1. The monoisotopic (exact) mass is 438 g/mol. The Labute approximate surface area is 177 Å². The summed E-state index contributed by atoms with van der Waals surface area (Å²) >= 11 is 5.88. The first-order valence-corrected chi connectivity index (χ1v) is 10.4. The molecule has 1 fully saturated rings. The maximum absolute atomic E-state index is 13.1. The van der Waals surface area contributed by atoms with E-state index >= 15 is 0 Å². The third kappa shape index (κ3) is 4.26. The fraction of sp³-hybridized carbons (Fsp3) is 0.455. The summed E-state index contributed by atoms with van der Waals surface area (Å²) in [6.45, 7) is 1.90. The number of nitrogens with one attached hydrogen (secondary N) is 1. The number of carbonyl (C=O) groups is 1. The lowest BCUT2D eigenvalue weighted by atomic mass is 9.85. The summed E-state index contributed by atoms with van der Waals surface area (Å²) in [5.41, 5.74) is 0.473. The molecule has 2 heterocycles. The van der Waals surface area contributed by atoms with Crippen molar-refractivity contribution in [1.29, 1.82) is 0 Å². The van der Waals surface area contributed by atoms with Crippen molar-refractivity contribution in [2.75, 3.05) is 5.32 Å². The summed E-state index contributed by atoms with van der Waals surface area (Å²) in [6.07, 6.45) is -0.911. The highest BCUT2D eigenvalue weighted by Crippen LogP contribution is 2.47. The van der Waals surface area contributed by atoms with Crippen molar-refractivity contribution in [3.63, 3.8) is 0 Å². The number of hydrogen-bond donors (Lipinski definition) is 1. The van der Waals surface area contributed by atoms with Crippen LogP contribution in [0.15, 0.2) is 36.5 Å². The van der Waals surface area contributed by atoms with Crippen LogP contribution in [-0.2, 0) is 11.0 Å². The van der Waals surface area contributed by atoms with E-state index in [0.29, 0.717) is 35.0 Å². The van der Waals surface area contributed by atoms with Crippen LogP contribution in [0, 0.1) is 11.8 Å². The maximum Gasteiger partial charge on any atom is 0.417 e. The van der Waals surface area contributed by atoms with Gasteiger partial charge in [-0.25, -0.2) is 4.98 Å². The largest absolute Gasteiger partial charge is 0.473 e. The van der Waals surface area contributed by atoms with Crippen LogP contribution >= 0.6 is 11.6 Å². The van der Waals surface area contributed by atoms with Gasteiger partial charge in [0.15, 0.2) is 0 Å². The Morgan fingerprint density at radius 2 is 1.90 bits per heavy atom. The number of hydrogen-bond acceptors (Lipinski definition) is 3. The molecule has 1 aromatic carbocycles. The Morgan fingerprint density at radius 1 is 1.20 bits per heavy atom. The lowest BCUT2D eigenvalue weighted by molar-refractivity contribution is -0.137. The van der Waals surface area contributed by atoms with Crippen molar-refractivity contribution < 1.29 is 22.7 Å². The lowest BCUT2D eigenvalue weighted by Crippen LogP contribution is -2.27. The molecule has 2 aliphatic rings. The van der Waals surface area contributed by atoms with Crippen molar-refractivity contribution in [3.05, 3.63) is 52.7 Å². The second-order valence-electron chi connectivity index (χ2n) is 8.08. The van der Waals surface area contributed by atoms with Gasteiger partial charge < -0.3 is 10.1 Å². The molecule has 2 aromatic rings. The standard InChI is InChI=1S/C22H22ClF3N2O2/c1-12(20(29)28-16-6-4-15(23)5-7-16)13-2-8-17-18-10-14(22(24,25)26)11-27-21(18)30-19(17)9-3-13/h4-7,10-13,17,19H,2-3,8-9H2,1H3,(H,28,29)/t12-,13+,17?,19?/m1/s1. The molecule has 0 saturated heterocycles. The molecule has 1 saturated carbocycles. The third-order valence-corrected chi connectivity index (χ3v) is 6.47. The van der Waals surface area contributed by atoms with E-state index in [1.807, 2.05) is 6.92 Å². The quantitative estimate of drug-likeness (QED) is 0.633. The first kappa shape index (κ1) is 21.0. The molecule has 4 rings (SSSR count). The normalized spacial score (nSPS) is 24.2. The number of fused-ring (bicyclic) bond motifs is 3. The second-order valence-corrected chi connectivity index (χ2v) is 8.51. The van der Waals surface area contributed by atoms with Crippen molar-refractivity contribution in [3.8, 4) is 5.88 Å². The molecule has 0 bridgehead atoms. The van der Waals surface area contributed by atoms with Crippen molar-refractivity contribution in [2.45, 2.75) is 50.8 Å². The highest BCUT2D eigenvalue weighted by atomic mass is 35.5. The van der Waals surface area contributed by atoms with E-state index in [-0.39, 0.29) is 29.8 Å². The third-order valence-electron chi connectivity index (χ3n) is 6.22. The molecular weight excluding hydrogens is 417 g/mol. The molecule has 4 nitrogen and oxygen atoms in total. The molecule has 8 heteroatoms. The first-order chi connectivity index (χ1) is 14.2. The SMILES string of the molecule is C[C@@H](C(=O)Nc1ccc(Cl)cc1)[C@@H]1CCC2Oc3ncc(C(F)(F)F)cc3C2CC1. The van der Waals surface area contributed by atoms with Gasteiger partial charge in [-0.3, -0.25) is 4.79 Å². The zero-order chi connectivity index (χ0) is 21.5. The van der Waals surface area contributed by atoms with Crippen LogP contribution in [-0.4, -0.2) is 17.0 Å². The van der Waals surface area contributed by atoms with Crippen LogP contribution in [0.25, 0.3) is 0 Å². The average Bonchev–Trinajstić information content (AvgIpc) is 2.92. The van der Waals surface area contributed by atoms with E-state index in [0.717, 1.165) is 19.0 Å². The minimum Gasteiger partial charge on any atom is -0.473 e. The summed E-state index contributed by atoms with van der Waals surface area (Å²) in [4.78, 5) is 16.6. The molecule has 4 atom stereocenters. The van der Waals surface area contributed by atoms with Gasteiger partial charge in [-0.15, -0.1) is 0 Å². The van der Waals surface area contributed by atoms with Gasteiger partial charge in [0, 0.05) is 34.3 Å². The predicted molar refractivity (Wildman–Crippen MR) is 108 cm³/mol. The molecule has 1 N–H and O–H groups in total. The molecule has 30 heavy (non-hydrogen) atoms. The van der Waals surface area contributed by atoms with Gasteiger partial charge in [0.25, 0.3) is 0 Å². The van der Waals surface area contributed by atoms with E-state index in [9.17, 15) is 18.0 Å². The number of carbonyl (C=O) groups excluding carboxylic acids is 1. The fourth-order valence-corrected chi connectivity index (χ4v) is 4.56. The van der Waals surface area contributed by atoms with Crippen LogP contribution in [0.1, 0.15) is 49.7 Å². The summed E-state index contributed by atoms with van der Waals surface area (Å²) < 4.78 is 45.1. The summed E-state index contributed by atoms with van der Waals surface area (Å²) in [5.74, 6) is 0.0281. The number of rotatable bonds is 3. The lowest BCUT2D eigenvalue weighted by Gasteiger charge is -2.22. The number of anilines is 1. The van der Waals surface area contributed by atoms with Crippen molar-refractivity contribution >= 4 is 23.2 Å². The minimum absolute atomic E-state index is 0.0725. The number of alkyl halides is 3. The minimum atomic E-state index is -4.43. The van der Waals surface area contributed by atoms with Gasteiger partial charge in [-0.1, -0.05) is 18.5 Å². The molecular formula is C22H22ClF3N2O2. The topological polar surface area (TPSA) is 51.2 Å². The highest BCUT2D eigenvalue weighted by molar-refractivity contribution is 6.30. The Bertz CT molecular complexity index is 933. The average molecular weight is 439 g/mol. The molecule has 1 aliphatic carbocycles. The number of amides is 1. The maximum atomic E-state index is 13.1. The van der Waals surface area contributed by atoms with Crippen LogP contribution in [0.5, 0.6) is 5.88 Å². The Balaban J connectivity index is 1.43. The van der Waals surface area contributed by atoms with E-state index in [4.69, 9.17) is 16.3 Å². The zero-order valence-electron chi connectivity index (χ0n) is 16.4. The molecule has 0 spiro atoms. The highest BCUT2D eigenvalue weighted by Gasteiger charge is 2.41. The van der Waals surface area contributed by atoms with Gasteiger partial charge >= 0.3 is 6.18 Å². The Hall–Kier alpha value is -2.28. The number of benzene rings is 1. The fourth-order valence-electron chi connectivity index (χ4n) is 4.44. The first-order valence-electron chi connectivity index (χ1n) is 10.0. The van der Waals surface area contributed by atoms with Crippen molar-refractivity contribution in [1.82, 2.24) is 4.98 Å². The number of halogens is 4. The van der Waals surface area contributed by atoms with Gasteiger partial charge in [0.1, 0.15) is 6.10 Å². The smallest absolute Gasteiger partial charge is 0.417 e.